The number of carbonyl (C=O) groups excluding carboxylic acids is 1. The van der Waals surface area contributed by atoms with Crippen molar-refractivity contribution in [1.29, 1.82) is 0 Å². The molecule has 0 fully saturated rings. The molecule has 14 heavy (non-hydrogen) atoms. The Kier molecular flexibility index (Phi) is 38.7. The van der Waals surface area contributed by atoms with Crippen LogP contribution in [0, 0.1) is 0 Å². The standard InChI is InChI=1S/C6H10O3.2CH4O.Ti/c1-2-3-5(7)4-6(8)9;2*1-2;/h2-4H2,1H3,(H,8,9);2*2H,1H3;. The van der Waals surface area contributed by atoms with Gasteiger partial charge in [-0.15, -0.1) is 0 Å². The van der Waals surface area contributed by atoms with Gasteiger partial charge in [-0.2, -0.15) is 0 Å². The number of rotatable bonds is 4. The molecule has 0 spiro atoms. The molecule has 3 N–H and O–H groups in total. The summed E-state index contributed by atoms with van der Waals surface area (Å²) in [4.78, 5) is 20.3. The number of aliphatic carboxylic acids is 1. The van der Waals surface area contributed by atoms with Crippen molar-refractivity contribution in [3.8, 4) is 0 Å². The van der Waals surface area contributed by atoms with E-state index >= 15 is 0 Å². The van der Waals surface area contributed by atoms with Gasteiger partial charge in [-0.3, -0.25) is 9.59 Å². The maximum atomic E-state index is 10.5. The molecule has 0 heterocycles. The van der Waals surface area contributed by atoms with E-state index in [9.17, 15) is 9.59 Å². The molecule has 0 aromatic carbocycles. The third-order valence-corrected chi connectivity index (χ3v) is 0.877. The van der Waals surface area contributed by atoms with E-state index in [4.69, 9.17) is 15.3 Å². The van der Waals surface area contributed by atoms with Crippen LogP contribution in [-0.2, 0) is 31.3 Å². The smallest absolute Gasteiger partial charge is 0.310 e. The number of carboxylic acid groups (broad SMARTS) is 1. The molecule has 0 amide bonds. The van der Waals surface area contributed by atoms with Crippen LogP contribution in [0.2, 0.25) is 0 Å². The molecular formula is C8H18O5Ti. The van der Waals surface area contributed by atoms with E-state index in [0.29, 0.717) is 6.42 Å². The van der Waals surface area contributed by atoms with Crippen LogP contribution in [-0.4, -0.2) is 41.3 Å². The molecule has 84 valence electrons. The maximum Gasteiger partial charge on any atom is 0.310 e. The van der Waals surface area contributed by atoms with Gasteiger partial charge in [-0.05, 0) is 6.42 Å². The van der Waals surface area contributed by atoms with Gasteiger partial charge in [0.25, 0.3) is 0 Å². The number of ketones is 1. The van der Waals surface area contributed by atoms with Crippen molar-refractivity contribution < 1.29 is 46.6 Å². The van der Waals surface area contributed by atoms with Crippen LogP contribution in [0.15, 0.2) is 0 Å². The Hall–Kier alpha value is -0.226. The SMILES string of the molecule is CCCC(=O)CC(=O)O.CO.CO.[Ti]. The Bertz CT molecular complexity index is 127. The van der Waals surface area contributed by atoms with Crippen molar-refractivity contribution in [3.05, 3.63) is 0 Å². The molecule has 0 aliphatic rings. The monoisotopic (exact) mass is 242 g/mol. The van der Waals surface area contributed by atoms with E-state index in [1.807, 2.05) is 6.92 Å². The molecule has 0 unspecified atom stereocenters. The second kappa shape index (κ2) is 23.0. The molecule has 0 aliphatic carbocycles. The molecule has 0 saturated carbocycles. The normalized spacial score (nSPS) is 6.64. The van der Waals surface area contributed by atoms with Crippen molar-refractivity contribution in [2.24, 2.45) is 0 Å². The molecule has 0 saturated heterocycles. The van der Waals surface area contributed by atoms with Gasteiger partial charge in [0.2, 0.25) is 0 Å². The molecule has 0 aromatic rings. The quantitative estimate of drug-likeness (QED) is 0.478. The zero-order valence-corrected chi connectivity index (χ0v) is 10.3. The average Bonchev–Trinajstić information content (AvgIpc) is 2.10. The van der Waals surface area contributed by atoms with Gasteiger partial charge >= 0.3 is 5.97 Å². The topological polar surface area (TPSA) is 94.8 Å². The van der Waals surface area contributed by atoms with Gasteiger partial charge in [0.05, 0.1) is 0 Å². The minimum Gasteiger partial charge on any atom is -0.481 e. The zero-order valence-electron chi connectivity index (χ0n) is 8.78. The van der Waals surface area contributed by atoms with E-state index < -0.39 is 5.97 Å². The summed E-state index contributed by atoms with van der Waals surface area (Å²) in [6, 6.07) is 0. The maximum absolute atomic E-state index is 10.5. The second-order valence-electron chi connectivity index (χ2n) is 1.86. The number of Topliss-reactive ketones (excluding diaryl/α,β-unsaturated/α-hetero) is 1. The predicted molar refractivity (Wildman–Crippen MR) is 48.5 cm³/mol. The van der Waals surface area contributed by atoms with Crippen LogP contribution in [0.4, 0.5) is 0 Å². The van der Waals surface area contributed by atoms with Crippen LogP contribution >= 0.6 is 0 Å². The summed E-state index contributed by atoms with van der Waals surface area (Å²) in [6.45, 7) is 1.85. The van der Waals surface area contributed by atoms with Crippen molar-refractivity contribution >= 4 is 11.8 Å². The van der Waals surface area contributed by atoms with Gasteiger partial charge in [0, 0.05) is 42.4 Å². The number of hydrogen-bond donors (Lipinski definition) is 3. The van der Waals surface area contributed by atoms with Crippen LogP contribution < -0.4 is 0 Å². The first-order chi connectivity index (χ1) is 6.16. The average molecular weight is 242 g/mol. The molecule has 0 rings (SSSR count). The van der Waals surface area contributed by atoms with Crippen molar-refractivity contribution in [2.45, 2.75) is 26.2 Å². The summed E-state index contributed by atoms with van der Waals surface area (Å²) >= 11 is 0. The summed E-state index contributed by atoms with van der Waals surface area (Å²) in [7, 11) is 2.00. The summed E-state index contributed by atoms with van der Waals surface area (Å²) in [5, 5.41) is 22.1. The van der Waals surface area contributed by atoms with E-state index in [0.717, 1.165) is 20.6 Å². The number of aliphatic hydroxyl groups is 2. The third-order valence-electron chi connectivity index (χ3n) is 0.877. The molecule has 0 aromatic heterocycles. The number of aliphatic hydroxyl groups excluding tert-OH is 2. The van der Waals surface area contributed by atoms with E-state index in [-0.39, 0.29) is 33.9 Å². The first kappa shape index (κ1) is 23.5. The van der Waals surface area contributed by atoms with E-state index in [1.165, 1.54) is 0 Å². The fourth-order valence-corrected chi connectivity index (χ4v) is 0.536. The molecular weight excluding hydrogens is 224 g/mol. The molecule has 0 radical (unpaired) electrons. The Labute approximate surface area is 99.0 Å². The fourth-order valence-electron chi connectivity index (χ4n) is 0.536. The number of carboxylic acids is 1. The van der Waals surface area contributed by atoms with Crippen molar-refractivity contribution in [2.75, 3.05) is 14.2 Å². The van der Waals surface area contributed by atoms with Crippen LogP contribution in [0.3, 0.4) is 0 Å². The van der Waals surface area contributed by atoms with Gasteiger partial charge in [0.15, 0.2) is 0 Å². The largest absolute Gasteiger partial charge is 0.481 e. The van der Waals surface area contributed by atoms with Crippen molar-refractivity contribution in [1.82, 2.24) is 0 Å². The van der Waals surface area contributed by atoms with Gasteiger partial charge in [-0.25, -0.2) is 0 Å². The second-order valence-corrected chi connectivity index (χ2v) is 1.86. The molecule has 0 atom stereocenters. The van der Waals surface area contributed by atoms with Gasteiger partial charge < -0.3 is 15.3 Å². The third kappa shape index (κ3) is 29.8. The van der Waals surface area contributed by atoms with Crippen LogP contribution in [0.25, 0.3) is 0 Å². The van der Waals surface area contributed by atoms with E-state index in [1.54, 1.807) is 0 Å². The molecule has 5 nitrogen and oxygen atoms in total. The Morgan fingerprint density at radius 2 is 1.43 bits per heavy atom. The van der Waals surface area contributed by atoms with E-state index in [2.05, 4.69) is 0 Å². The number of carbonyl (C=O) groups is 2. The predicted octanol–water partition coefficient (Wildman–Crippen LogP) is 0.0448. The first-order valence-electron chi connectivity index (χ1n) is 3.79. The van der Waals surface area contributed by atoms with Crippen LogP contribution in [0.1, 0.15) is 26.2 Å². The minimum absolute atomic E-state index is 0. The Balaban J connectivity index is -0.0000000883. The molecule has 0 aliphatic heterocycles. The Morgan fingerprint density at radius 1 is 1.07 bits per heavy atom. The fraction of sp³-hybridized carbons (Fsp3) is 0.750. The van der Waals surface area contributed by atoms with Gasteiger partial charge in [-0.1, -0.05) is 6.92 Å². The molecule has 0 bridgehead atoms. The first-order valence-corrected chi connectivity index (χ1v) is 3.79. The summed E-state index contributed by atoms with van der Waals surface area (Å²) in [5.74, 6) is -1.22. The summed E-state index contributed by atoms with van der Waals surface area (Å²) < 4.78 is 0. The van der Waals surface area contributed by atoms with Crippen LogP contribution in [0.5, 0.6) is 0 Å². The van der Waals surface area contributed by atoms with Crippen molar-refractivity contribution in [3.63, 3.8) is 0 Å². The number of hydrogen-bond acceptors (Lipinski definition) is 4. The Morgan fingerprint density at radius 3 is 1.64 bits per heavy atom. The summed E-state index contributed by atoms with van der Waals surface area (Å²) in [5.41, 5.74) is 0. The zero-order chi connectivity index (χ0) is 11.3. The summed E-state index contributed by atoms with van der Waals surface area (Å²) in [6.07, 6.45) is 0.784. The molecule has 6 heteroatoms. The minimum atomic E-state index is -1.03. The van der Waals surface area contributed by atoms with Gasteiger partial charge in [0.1, 0.15) is 12.2 Å².